The van der Waals surface area contributed by atoms with E-state index in [1.165, 1.54) is 38.8 Å². The van der Waals surface area contributed by atoms with E-state index >= 15 is 0 Å². The van der Waals surface area contributed by atoms with Crippen molar-refractivity contribution >= 4 is 17.3 Å². The van der Waals surface area contributed by atoms with Gasteiger partial charge in [-0.1, -0.05) is 24.4 Å². The van der Waals surface area contributed by atoms with Gasteiger partial charge in [0.15, 0.2) is 5.15 Å². The highest BCUT2D eigenvalue weighted by atomic mass is 35.5. The van der Waals surface area contributed by atoms with E-state index in [9.17, 15) is 0 Å². The first-order chi connectivity index (χ1) is 8.34. The summed E-state index contributed by atoms with van der Waals surface area (Å²) in [7, 11) is 0. The van der Waals surface area contributed by atoms with Crippen LogP contribution < -0.4 is 5.32 Å². The van der Waals surface area contributed by atoms with Crippen molar-refractivity contribution in [2.75, 3.05) is 31.5 Å². The highest BCUT2D eigenvalue weighted by Crippen LogP contribution is 2.11. The number of halogens is 1. The SMILES string of the molecule is Clc1cc(NCCN2CCCCCC2)cnn1. The van der Waals surface area contributed by atoms with Crippen LogP contribution in [-0.2, 0) is 0 Å². The Morgan fingerprint density at radius 2 is 2.00 bits per heavy atom. The minimum Gasteiger partial charge on any atom is -0.382 e. The molecule has 1 saturated heterocycles. The molecule has 17 heavy (non-hydrogen) atoms. The van der Waals surface area contributed by atoms with Gasteiger partial charge in [-0.25, -0.2) is 0 Å². The van der Waals surface area contributed by atoms with Gasteiger partial charge in [0.25, 0.3) is 0 Å². The highest BCUT2D eigenvalue weighted by molar-refractivity contribution is 6.29. The van der Waals surface area contributed by atoms with Crippen LogP contribution in [0, 0.1) is 0 Å². The van der Waals surface area contributed by atoms with Gasteiger partial charge < -0.3 is 10.2 Å². The second-order valence-electron chi connectivity index (χ2n) is 4.45. The van der Waals surface area contributed by atoms with Crippen LogP contribution >= 0.6 is 11.6 Å². The fourth-order valence-electron chi connectivity index (χ4n) is 2.16. The zero-order valence-corrected chi connectivity index (χ0v) is 10.8. The van der Waals surface area contributed by atoms with Gasteiger partial charge in [0, 0.05) is 19.2 Å². The molecule has 1 fully saturated rings. The Kier molecular flexibility index (Phi) is 5.01. The summed E-state index contributed by atoms with van der Waals surface area (Å²) in [5.74, 6) is 0. The standard InChI is InChI=1S/C12H19ClN4/c13-12-9-11(10-15-16-12)14-5-8-17-6-3-1-2-4-7-17/h9-10H,1-8H2,(H,14,16). The van der Waals surface area contributed by atoms with Crippen molar-refractivity contribution in [3.8, 4) is 0 Å². The van der Waals surface area contributed by atoms with Crippen molar-refractivity contribution in [2.24, 2.45) is 0 Å². The first kappa shape index (κ1) is 12.6. The lowest BCUT2D eigenvalue weighted by Crippen LogP contribution is -2.29. The van der Waals surface area contributed by atoms with Crippen molar-refractivity contribution in [3.05, 3.63) is 17.4 Å². The molecule has 1 aromatic rings. The average Bonchev–Trinajstić information content (AvgIpc) is 2.58. The van der Waals surface area contributed by atoms with E-state index in [-0.39, 0.29) is 0 Å². The Hall–Kier alpha value is -0.870. The van der Waals surface area contributed by atoms with Gasteiger partial charge in [-0.05, 0) is 25.9 Å². The molecule has 0 atom stereocenters. The molecule has 0 unspecified atom stereocenters. The highest BCUT2D eigenvalue weighted by Gasteiger charge is 2.07. The molecule has 5 heteroatoms. The molecule has 0 bridgehead atoms. The van der Waals surface area contributed by atoms with Crippen molar-refractivity contribution in [1.82, 2.24) is 15.1 Å². The molecule has 0 saturated carbocycles. The number of hydrogen-bond acceptors (Lipinski definition) is 4. The number of likely N-dealkylation sites (tertiary alicyclic amines) is 1. The summed E-state index contributed by atoms with van der Waals surface area (Å²) >= 11 is 5.77. The molecular formula is C12H19ClN4. The first-order valence-electron chi connectivity index (χ1n) is 6.29. The van der Waals surface area contributed by atoms with Gasteiger partial charge >= 0.3 is 0 Å². The van der Waals surface area contributed by atoms with Crippen LogP contribution in [0.15, 0.2) is 12.3 Å². The maximum Gasteiger partial charge on any atom is 0.153 e. The third-order valence-corrected chi connectivity index (χ3v) is 3.27. The van der Waals surface area contributed by atoms with E-state index in [0.29, 0.717) is 5.15 Å². The lowest BCUT2D eigenvalue weighted by atomic mass is 10.2. The summed E-state index contributed by atoms with van der Waals surface area (Å²) in [5, 5.41) is 11.3. The second-order valence-corrected chi connectivity index (χ2v) is 4.84. The van der Waals surface area contributed by atoms with Crippen LogP contribution in [0.25, 0.3) is 0 Å². The quantitative estimate of drug-likeness (QED) is 0.896. The first-order valence-corrected chi connectivity index (χ1v) is 6.67. The van der Waals surface area contributed by atoms with E-state index in [4.69, 9.17) is 11.6 Å². The Balaban J connectivity index is 1.71. The molecule has 94 valence electrons. The fourth-order valence-corrected chi connectivity index (χ4v) is 2.32. The molecule has 2 rings (SSSR count). The lowest BCUT2D eigenvalue weighted by molar-refractivity contribution is 0.296. The van der Waals surface area contributed by atoms with Crippen LogP contribution in [0.5, 0.6) is 0 Å². The Morgan fingerprint density at radius 1 is 1.24 bits per heavy atom. The number of aromatic nitrogens is 2. The maximum atomic E-state index is 5.77. The molecule has 0 amide bonds. The van der Waals surface area contributed by atoms with Gasteiger partial charge in [-0.3, -0.25) is 0 Å². The van der Waals surface area contributed by atoms with E-state index in [2.05, 4.69) is 20.4 Å². The van der Waals surface area contributed by atoms with E-state index in [0.717, 1.165) is 18.8 Å². The summed E-state index contributed by atoms with van der Waals surface area (Å²) in [6.07, 6.45) is 7.14. The van der Waals surface area contributed by atoms with Gasteiger partial charge in [-0.15, -0.1) is 5.10 Å². The summed E-state index contributed by atoms with van der Waals surface area (Å²) < 4.78 is 0. The Labute approximate surface area is 107 Å². The lowest BCUT2D eigenvalue weighted by Gasteiger charge is -2.19. The molecule has 0 radical (unpaired) electrons. The number of hydrogen-bond donors (Lipinski definition) is 1. The average molecular weight is 255 g/mol. The Bertz CT molecular complexity index is 337. The number of rotatable bonds is 4. The van der Waals surface area contributed by atoms with Crippen molar-refractivity contribution < 1.29 is 0 Å². The zero-order valence-electron chi connectivity index (χ0n) is 10.0. The predicted molar refractivity (Wildman–Crippen MR) is 70.4 cm³/mol. The van der Waals surface area contributed by atoms with Gasteiger partial charge in [0.2, 0.25) is 0 Å². The molecule has 0 spiro atoms. The largest absolute Gasteiger partial charge is 0.382 e. The summed E-state index contributed by atoms with van der Waals surface area (Å²) in [6, 6.07) is 1.80. The number of nitrogens with one attached hydrogen (secondary N) is 1. The topological polar surface area (TPSA) is 41.0 Å². The number of anilines is 1. The third kappa shape index (κ3) is 4.48. The molecule has 2 heterocycles. The monoisotopic (exact) mass is 254 g/mol. The van der Waals surface area contributed by atoms with E-state index < -0.39 is 0 Å². The second kappa shape index (κ2) is 6.77. The van der Waals surface area contributed by atoms with Crippen molar-refractivity contribution in [2.45, 2.75) is 25.7 Å². The van der Waals surface area contributed by atoms with Crippen LogP contribution in [0.4, 0.5) is 5.69 Å². The number of nitrogens with zero attached hydrogens (tertiary/aromatic N) is 3. The third-order valence-electron chi connectivity index (χ3n) is 3.08. The van der Waals surface area contributed by atoms with E-state index in [1.54, 1.807) is 12.3 Å². The maximum absolute atomic E-state index is 5.77. The molecule has 1 aromatic heterocycles. The molecule has 1 aliphatic rings. The minimum absolute atomic E-state index is 0.435. The summed E-state index contributed by atoms with van der Waals surface area (Å²) in [4.78, 5) is 2.52. The van der Waals surface area contributed by atoms with Gasteiger partial charge in [0.05, 0.1) is 11.9 Å². The van der Waals surface area contributed by atoms with Crippen LogP contribution in [0.2, 0.25) is 5.15 Å². The zero-order chi connectivity index (χ0) is 11.9. The molecule has 1 N–H and O–H groups in total. The summed E-state index contributed by atoms with van der Waals surface area (Å²) in [6.45, 7) is 4.48. The molecular weight excluding hydrogens is 236 g/mol. The van der Waals surface area contributed by atoms with E-state index in [1.807, 2.05) is 0 Å². The van der Waals surface area contributed by atoms with Gasteiger partial charge in [-0.2, -0.15) is 5.10 Å². The van der Waals surface area contributed by atoms with Gasteiger partial charge in [0.1, 0.15) is 0 Å². The molecule has 1 aliphatic heterocycles. The molecule has 0 aromatic carbocycles. The van der Waals surface area contributed by atoms with Crippen LogP contribution in [0.3, 0.4) is 0 Å². The van der Waals surface area contributed by atoms with Crippen LogP contribution in [0.1, 0.15) is 25.7 Å². The van der Waals surface area contributed by atoms with Crippen molar-refractivity contribution in [1.29, 1.82) is 0 Å². The fraction of sp³-hybridized carbons (Fsp3) is 0.667. The normalized spacial score (nSPS) is 17.7. The molecule has 4 nitrogen and oxygen atoms in total. The summed E-state index contributed by atoms with van der Waals surface area (Å²) in [5.41, 5.74) is 0.944. The predicted octanol–water partition coefficient (Wildman–Crippen LogP) is 2.42. The van der Waals surface area contributed by atoms with Crippen molar-refractivity contribution in [3.63, 3.8) is 0 Å². The smallest absolute Gasteiger partial charge is 0.153 e. The Morgan fingerprint density at radius 3 is 2.71 bits per heavy atom. The minimum atomic E-state index is 0.435. The molecule has 0 aliphatic carbocycles. The van der Waals surface area contributed by atoms with Crippen LogP contribution in [-0.4, -0.2) is 41.3 Å².